The van der Waals surface area contributed by atoms with Crippen LogP contribution in [0.5, 0.6) is 5.75 Å². The fraction of sp³-hybridized carbons (Fsp3) is 0.227. The highest BCUT2D eigenvalue weighted by Crippen LogP contribution is 2.60. The molecule has 1 spiro atoms. The van der Waals surface area contributed by atoms with Crippen molar-refractivity contribution >= 4 is 39.5 Å². The van der Waals surface area contributed by atoms with Crippen molar-refractivity contribution < 1.29 is 32.3 Å². The molecule has 4 rings (SSSR count). The fourth-order valence-corrected chi connectivity index (χ4v) is 5.58. The Hall–Kier alpha value is -3.86. The van der Waals surface area contributed by atoms with E-state index in [-0.39, 0.29) is 6.42 Å². The Morgan fingerprint density at radius 3 is 2.42 bits per heavy atom. The molecule has 2 aliphatic heterocycles. The number of nitrogens with one attached hydrogen (secondary N) is 2. The molecule has 0 bridgehead atoms. The molecule has 3 heterocycles. The van der Waals surface area contributed by atoms with Crippen molar-refractivity contribution in [3.63, 3.8) is 0 Å². The van der Waals surface area contributed by atoms with Crippen LogP contribution in [-0.2, 0) is 29.2 Å². The van der Waals surface area contributed by atoms with Crippen LogP contribution in [0, 0.1) is 6.92 Å². The SMILES string of the molecule is Cc1cccnc1NCCOc1ccc(CC2C(=O)NC(=O)S23OC(=O)C=CC(=O)O3)cc1. The fourth-order valence-electron chi connectivity index (χ4n) is 3.31. The van der Waals surface area contributed by atoms with E-state index in [4.69, 9.17) is 13.1 Å². The third-order valence-corrected chi connectivity index (χ3v) is 7.51. The largest absolute Gasteiger partial charge is 0.492 e. The third-order valence-electron chi connectivity index (χ3n) is 4.94. The van der Waals surface area contributed by atoms with E-state index in [0.717, 1.165) is 23.5 Å². The van der Waals surface area contributed by atoms with Gasteiger partial charge in [0.05, 0.1) is 6.54 Å². The molecule has 2 N–H and O–H groups in total. The average molecular weight is 471 g/mol. The second kappa shape index (κ2) is 9.33. The summed E-state index contributed by atoms with van der Waals surface area (Å²) in [5.41, 5.74) is 1.72. The molecular weight excluding hydrogens is 450 g/mol. The first-order chi connectivity index (χ1) is 15.9. The number of hydrogen-bond donors (Lipinski definition) is 2. The molecule has 11 heteroatoms. The Balaban J connectivity index is 1.38. The zero-order chi connectivity index (χ0) is 23.4. The van der Waals surface area contributed by atoms with Gasteiger partial charge in [-0.05, 0) is 46.8 Å². The van der Waals surface area contributed by atoms with E-state index in [0.29, 0.717) is 24.5 Å². The minimum atomic E-state index is -3.43. The van der Waals surface area contributed by atoms with Gasteiger partial charge in [0.25, 0.3) is 5.91 Å². The number of ether oxygens (including phenoxy) is 1. The van der Waals surface area contributed by atoms with Gasteiger partial charge < -0.3 is 18.4 Å². The highest BCUT2D eigenvalue weighted by molar-refractivity contribution is 8.40. The number of pyridine rings is 1. The van der Waals surface area contributed by atoms with Crippen molar-refractivity contribution in [2.75, 3.05) is 18.5 Å². The van der Waals surface area contributed by atoms with E-state index >= 15 is 0 Å². The van der Waals surface area contributed by atoms with Crippen LogP contribution in [0.25, 0.3) is 0 Å². The molecular formula is C22H21N3O7S. The van der Waals surface area contributed by atoms with Crippen LogP contribution in [0.2, 0.25) is 0 Å². The summed E-state index contributed by atoms with van der Waals surface area (Å²) >= 11 is 0. The maximum atomic E-state index is 12.4. The molecule has 2 aliphatic rings. The third kappa shape index (κ3) is 4.82. The van der Waals surface area contributed by atoms with Crippen LogP contribution in [0.1, 0.15) is 11.1 Å². The van der Waals surface area contributed by atoms with E-state index in [1.807, 2.05) is 19.1 Å². The van der Waals surface area contributed by atoms with Crippen LogP contribution in [0.4, 0.5) is 10.6 Å². The lowest BCUT2D eigenvalue weighted by atomic mass is 10.1. The van der Waals surface area contributed by atoms with Gasteiger partial charge >= 0.3 is 17.2 Å². The van der Waals surface area contributed by atoms with Crippen LogP contribution in [0.3, 0.4) is 0 Å². The molecule has 1 aromatic carbocycles. The number of rotatable bonds is 7. The summed E-state index contributed by atoms with van der Waals surface area (Å²) in [6.45, 7) is 2.92. The van der Waals surface area contributed by atoms with Crippen LogP contribution >= 0.6 is 10.6 Å². The second-order valence-electron chi connectivity index (χ2n) is 7.24. The number of aromatic nitrogens is 1. The summed E-state index contributed by atoms with van der Waals surface area (Å²) in [6.07, 6.45) is 3.49. The number of amides is 2. The molecule has 1 saturated heterocycles. The van der Waals surface area contributed by atoms with E-state index in [2.05, 4.69) is 15.6 Å². The molecule has 2 aromatic rings. The monoisotopic (exact) mass is 471 g/mol. The smallest absolute Gasteiger partial charge is 0.359 e. The van der Waals surface area contributed by atoms with Crippen molar-refractivity contribution in [3.05, 3.63) is 65.9 Å². The molecule has 0 radical (unpaired) electrons. The molecule has 2 amide bonds. The molecule has 1 aromatic heterocycles. The average Bonchev–Trinajstić information content (AvgIpc) is 2.91. The zero-order valence-corrected chi connectivity index (χ0v) is 18.4. The topological polar surface area (TPSA) is 133 Å². The standard InChI is InChI=1S/C22H21N3O7S/c1-14-3-2-10-23-20(14)24-11-12-30-16-6-4-15(5-7-16)13-17-21(28)25-22(29)33(17)31-18(26)8-9-19(27)32-33/h2-10,17H,11-13H2,1H3,(H,23,24)(H,25,28,29). The summed E-state index contributed by atoms with van der Waals surface area (Å²) in [7, 11) is -3.43. The molecule has 1 fully saturated rings. The number of nitrogens with zero attached hydrogens (tertiary/aromatic N) is 1. The van der Waals surface area contributed by atoms with Gasteiger partial charge in [-0.25, -0.2) is 19.4 Å². The second-order valence-corrected chi connectivity index (χ2v) is 9.60. The highest BCUT2D eigenvalue weighted by atomic mass is 32.3. The van der Waals surface area contributed by atoms with Crippen LogP contribution in [0.15, 0.2) is 54.7 Å². The Morgan fingerprint density at radius 2 is 1.76 bits per heavy atom. The molecule has 0 aliphatic carbocycles. The number of imide groups is 1. The van der Waals surface area contributed by atoms with Gasteiger partial charge in [0, 0.05) is 24.8 Å². The first kappa shape index (κ1) is 22.3. The van der Waals surface area contributed by atoms with Crippen molar-refractivity contribution in [3.8, 4) is 5.75 Å². The quantitative estimate of drug-likeness (QED) is 0.584. The molecule has 1 unspecified atom stereocenters. The van der Waals surface area contributed by atoms with Crippen molar-refractivity contribution in [2.24, 2.45) is 0 Å². The van der Waals surface area contributed by atoms with E-state index < -0.39 is 38.9 Å². The van der Waals surface area contributed by atoms with Crippen molar-refractivity contribution in [1.29, 1.82) is 0 Å². The Bertz CT molecular complexity index is 1110. The molecule has 1 atom stereocenters. The molecule has 172 valence electrons. The Labute approximate surface area is 191 Å². The number of aryl methyl sites for hydroxylation is 1. The van der Waals surface area contributed by atoms with Crippen molar-refractivity contribution in [1.82, 2.24) is 10.3 Å². The number of carbonyl (C=O) groups excluding carboxylic acids is 4. The number of hydrogen-bond acceptors (Lipinski definition) is 9. The summed E-state index contributed by atoms with van der Waals surface area (Å²) < 4.78 is 16.1. The molecule has 10 nitrogen and oxygen atoms in total. The minimum Gasteiger partial charge on any atom is -0.492 e. The van der Waals surface area contributed by atoms with Gasteiger partial charge in [-0.2, -0.15) is 0 Å². The van der Waals surface area contributed by atoms with E-state index in [9.17, 15) is 19.2 Å². The predicted molar refractivity (Wildman–Crippen MR) is 119 cm³/mol. The summed E-state index contributed by atoms with van der Waals surface area (Å²) in [5.74, 6) is -1.07. The first-order valence-electron chi connectivity index (χ1n) is 10.1. The lowest BCUT2D eigenvalue weighted by molar-refractivity contribution is -0.129. The van der Waals surface area contributed by atoms with Gasteiger partial charge in [0.2, 0.25) is 0 Å². The van der Waals surface area contributed by atoms with Crippen LogP contribution < -0.4 is 15.4 Å². The summed E-state index contributed by atoms with van der Waals surface area (Å²) in [5, 5.41) is 3.27. The normalized spacial score (nSPS) is 20.0. The van der Waals surface area contributed by atoms with Gasteiger partial charge in [-0.1, -0.05) is 18.2 Å². The molecule has 33 heavy (non-hydrogen) atoms. The van der Waals surface area contributed by atoms with Crippen molar-refractivity contribution in [2.45, 2.75) is 18.6 Å². The minimum absolute atomic E-state index is 0.0360. The first-order valence-corrected chi connectivity index (χ1v) is 11.6. The van der Waals surface area contributed by atoms with Crippen LogP contribution in [-0.4, -0.2) is 46.5 Å². The lowest BCUT2D eigenvalue weighted by Gasteiger charge is -2.36. The van der Waals surface area contributed by atoms with Gasteiger partial charge in [-0.3, -0.25) is 10.1 Å². The van der Waals surface area contributed by atoms with E-state index in [1.165, 1.54) is 0 Å². The van der Waals surface area contributed by atoms with E-state index in [1.54, 1.807) is 30.5 Å². The highest BCUT2D eigenvalue weighted by Gasteiger charge is 2.55. The molecule has 0 saturated carbocycles. The lowest BCUT2D eigenvalue weighted by Crippen LogP contribution is -2.29. The number of carbonyl (C=O) groups is 4. The summed E-state index contributed by atoms with van der Waals surface area (Å²) in [6, 6.07) is 10.7. The Kier molecular flexibility index (Phi) is 6.31. The zero-order valence-electron chi connectivity index (χ0n) is 17.6. The van der Waals surface area contributed by atoms with Gasteiger partial charge in [0.15, 0.2) is 5.25 Å². The maximum absolute atomic E-state index is 12.4. The Morgan fingerprint density at radius 1 is 1.06 bits per heavy atom. The maximum Gasteiger partial charge on any atom is 0.359 e. The van der Waals surface area contributed by atoms with Gasteiger partial charge in [-0.15, -0.1) is 0 Å². The number of anilines is 1. The summed E-state index contributed by atoms with van der Waals surface area (Å²) in [4.78, 5) is 52.9. The number of benzene rings is 1. The predicted octanol–water partition coefficient (Wildman–Crippen LogP) is 2.33. The van der Waals surface area contributed by atoms with Gasteiger partial charge in [0.1, 0.15) is 18.2 Å².